The van der Waals surface area contributed by atoms with E-state index in [1.165, 1.54) is 0 Å². The van der Waals surface area contributed by atoms with Crippen LogP contribution in [0.15, 0.2) is 35.5 Å². The highest BCUT2D eigenvalue weighted by atomic mass is 16.6. The van der Waals surface area contributed by atoms with Crippen molar-refractivity contribution in [1.29, 1.82) is 0 Å². The number of benzene rings is 1. The number of nitrogens with zero attached hydrogens (tertiary/aromatic N) is 1. The first-order valence-electron chi connectivity index (χ1n) is 6.87. The SMILES string of the molecule is CCOC(=O)C(C)NC(=O)C1CC(c2ccccc2)=NO1. The number of amides is 1. The van der Waals surface area contributed by atoms with Gasteiger partial charge in [0.15, 0.2) is 0 Å². The van der Waals surface area contributed by atoms with Crippen molar-refractivity contribution in [2.45, 2.75) is 32.4 Å². The Bertz CT molecular complexity index is 542. The minimum Gasteiger partial charge on any atom is -0.464 e. The highest BCUT2D eigenvalue weighted by Crippen LogP contribution is 2.16. The molecule has 0 spiro atoms. The van der Waals surface area contributed by atoms with E-state index in [1.54, 1.807) is 13.8 Å². The summed E-state index contributed by atoms with van der Waals surface area (Å²) in [6.45, 7) is 3.57. The summed E-state index contributed by atoms with van der Waals surface area (Å²) in [7, 11) is 0. The number of nitrogens with one attached hydrogen (secondary N) is 1. The van der Waals surface area contributed by atoms with Crippen LogP contribution in [-0.4, -0.2) is 36.3 Å². The van der Waals surface area contributed by atoms with E-state index in [0.717, 1.165) is 11.3 Å². The molecule has 1 heterocycles. The maximum atomic E-state index is 12.0. The molecule has 1 aromatic carbocycles. The smallest absolute Gasteiger partial charge is 0.328 e. The Labute approximate surface area is 123 Å². The summed E-state index contributed by atoms with van der Waals surface area (Å²) in [5.41, 5.74) is 1.64. The van der Waals surface area contributed by atoms with Gasteiger partial charge in [-0.05, 0) is 19.4 Å². The lowest BCUT2D eigenvalue weighted by molar-refractivity contribution is -0.148. The van der Waals surface area contributed by atoms with Crippen molar-refractivity contribution in [3.63, 3.8) is 0 Å². The van der Waals surface area contributed by atoms with Crippen LogP contribution in [-0.2, 0) is 19.2 Å². The number of esters is 1. The number of hydrogen-bond acceptors (Lipinski definition) is 5. The zero-order chi connectivity index (χ0) is 15.2. The molecule has 112 valence electrons. The lowest BCUT2D eigenvalue weighted by Crippen LogP contribution is -2.44. The van der Waals surface area contributed by atoms with Gasteiger partial charge in [0, 0.05) is 6.42 Å². The minimum atomic E-state index is -0.711. The zero-order valence-electron chi connectivity index (χ0n) is 12.0. The van der Waals surface area contributed by atoms with Crippen LogP contribution >= 0.6 is 0 Å². The van der Waals surface area contributed by atoms with E-state index in [1.807, 2.05) is 30.3 Å². The highest BCUT2D eigenvalue weighted by molar-refractivity contribution is 6.04. The number of ether oxygens (including phenoxy) is 1. The molecule has 0 bridgehead atoms. The van der Waals surface area contributed by atoms with Crippen molar-refractivity contribution in [3.05, 3.63) is 35.9 Å². The molecule has 0 radical (unpaired) electrons. The zero-order valence-corrected chi connectivity index (χ0v) is 12.0. The van der Waals surface area contributed by atoms with E-state index in [4.69, 9.17) is 9.57 Å². The van der Waals surface area contributed by atoms with Crippen LogP contribution in [0.5, 0.6) is 0 Å². The predicted octanol–water partition coefficient (Wildman–Crippen LogP) is 1.25. The number of hydrogen-bond donors (Lipinski definition) is 1. The fourth-order valence-corrected chi connectivity index (χ4v) is 1.95. The van der Waals surface area contributed by atoms with Crippen molar-refractivity contribution in [1.82, 2.24) is 5.32 Å². The molecule has 1 amide bonds. The molecule has 6 heteroatoms. The monoisotopic (exact) mass is 290 g/mol. The molecular formula is C15H18N2O4. The fourth-order valence-electron chi connectivity index (χ4n) is 1.95. The number of oxime groups is 1. The summed E-state index contributed by atoms with van der Waals surface area (Å²) in [6, 6.07) is 8.81. The average Bonchev–Trinajstić information content (AvgIpc) is 2.98. The molecule has 2 atom stereocenters. The maximum absolute atomic E-state index is 12.0. The van der Waals surface area contributed by atoms with Crippen LogP contribution in [0, 0.1) is 0 Å². The van der Waals surface area contributed by atoms with Gasteiger partial charge in [-0.25, -0.2) is 4.79 Å². The Kier molecular flexibility index (Phi) is 4.92. The first-order valence-corrected chi connectivity index (χ1v) is 6.87. The van der Waals surface area contributed by atoms with Crippen molar-refractivity contribution in [2.75, 3.05) is 6.61 Å². The van der Waals surface area contributed by atoms with Crippen LogP contribution in [0.1, 0.15) is 25.8 Å². The van der Waals surface area contributed by atoms with Crippen molar-refractivity contribution < 1.29 is 19.2 Å². The van der Waals surface area contributed by atoms with Gasteiger partial charge < -0.3 is 14.9 Å². The molecule has 2 rings (SSSR count). The van der Waals surface area contributed by atoms with Crippen LogP contribution in [0.2, 0.25) is 0 Å². The normalized spacial score (nSPS) is 18.4. The van der Waals surface area contributed by atoms with Gasteiger partial charge >= 0.3 is 5.97 Å². The third-order valence-corrected chi connectivity index (χ3v) is 3.07. The second-order valence-electron chi connectivity index (χ2n) is 4.68. The molecule has 0 fully saturated rings. The van der Waals surface area contributed by atoms with Crippen molar-refractivity contribution in [3.8, 4) is 0 Å². The quantitative estimate of drug-likeness (QED) is 0.828. The van der Waals surface area contributed by atoms with E-state index >= 15 is 0 Å². The number of carbonyl (C=O) groups is 2. The second-order valence-corrected chi connectivity index (χ2v) is 4.68. The standard InChI is InChI=1S/C15H18N2O4/c1-3-20-15(19)10(2)16-14(18)13-9-12(17-21-13)11-7-5-4-6-8-11/h4-8,10,13H,3,9H2,1-2H3,(H,16,18). The fraction of sp³-hybridized carbons (Fsp3) is 0.400. The van der Waals surface area contributed by atoms with Crippen LogP contribution < -0.4 is 5.32 Å². The summed E-state index contributed by atoms with van der Waals surface area (Å²) in [5, 5.41) is 6.50. The van der Waals surface area contributed by atoms with Gasteiger partial charge in [-0.3, -0.25) is 4.79 Å². The van der Waals surface area contributed by atoms with E-state index in [-0.39, 0.29) is 12.5 Å². The Morgan fingerprint density at radius 1 is 1.43 bits per heavy atom. The van der Waals surface area contributed by atoms with Gasteiger partial charge in [0.05, 0.1) is 12.3 Å². The molecule has 1 aliphatic heterocycles. The minimum absolute atomic E-state index is 0.278. The average molecular weight is 290 g/mol. The Balaban J connectivity index is 1.88. The maximum Gasteiger partial charge on any atom is 0.328 e. The van der Waals surface area contributed by atoms with Crippen LogP contribution in [0.25, 0.3) is 0 Å². The van der Waals surface area contributed by atoms with E-state index in [0.29, 0.717) is 6.42 Å². The van der Waals surface area contributed by atoms with Gasteiger partial charge in [-0.2, -0.15) is 0 Å². The molecule has 0 aliphatic carbocycles. The first-order chi connectivity index (χ1) is 10.1. The van der Waals surface area contributed by atoms with Gasteiger partial charge in [-0.1, -0.05) is 35.5 Å². The summed E-state index contributed by atoms with van der Waals surface area (Å²) in [6.07, 6.45) is -0.331. The molecule has 1 N–H and O–H groups in total. The van der Waals surface area contributed by atoms with Crippen molar-refractivity contribution in [2.24, 2.45) is 5.16 Å². The van der Waals surface area contributed by atoms with Crippen LogP contribution in [0.4, 0.5) is 0 Å². The van der Waals surface area contributed by atoms with Crippen LogP contribution in [0.3, 0.4) is 0 Å². The van der Waals surface area contributed by atoms with E-state index in [9.17, 15) is 9.59 Å². The molecule has 0 aromatic heterocycles. The van der Waals surface area contributed by atoms with Gasteiger partial charge in [-0.15, -0.1) is 0 Å². The Morgan fingerprint density at radius 3 is 2.81 bits per heavy atom. The molecule has 21 heavy (non-hydrogen) atoms. The third kappa shape index (κ3) is 3.81. The lowest BCUT2D eigenvalue weighted by Gasteiger charge is -2.14. The molecule has 0 saturated carbocycles. The summed E-state index contributed by atoms with van der Waals surface area (Å²) in [4.78, 5) is 28.6. The number of carbonyl (C=O) groups excluding carboxylic acids is 2. The van der Waals surface area contributed by atoms with Gasteiger partial charge in [0.1, 0.15) is 6.04 Å². The van der Waals surface area contributed by atoms with Gasteiger partial charge in [0.2, 0.25) is 6.10 Å². The third-order valence-electron chi connectivity index (χ3n) is 3.07. The Morgan fingerprint density at radius 2 is 2.14 bits per heavy atom. The Hall–Kier alpha value is -2.37. The number of rotatable bonds is 5. The second kappa shape index (κ2) is 6.88. The molecule has 2 unspecified atom stereocenters. The molecule has 1 aromatic rings. The largest absolute Gasteiger partial charge is 0.464 e. The first kappa shape index (κ1) is 15.0. The molecular weight excluding hydrogens is 272 g/mol. The molecule has 0 saturated heterocycles. The molecule has 1 aliphatic rings. The summed E-state index contributed by atoms with van der Waals surface area (Å²) >= 11 is 0. The lowest BCUT2D eigenvalue weighted by atomic mass is 10.0. The molecule has 6 nitrogen and oxygen atoms in total. The van der Waals surface area contributed by atoms with Gasteiger partial charge in [0.25, 0.3) is 5.91 Å². The summed E-state index contributed by atoms with van der Waals surface area (Å²) < 4.78 is 4.83. The highest BCUT2D eigenvalue weighted by Gasteiger charge is 2.30. The predicted molar refractivity (Wildman–Crippen MR) is 76.7 cm³/mol. The van der Waals surface area contributed by atoms with Crippen molar-refractivity contribution >= 4 is 17.6 Å². The summed E-state index contributed by atoms with van der Waals surface area (Å²) in [5.74, 6) is -0.835. The topological polar surface area (TPSA) is 77.0 Å². The van der Waals surface area contributed by atoms with E-state index < -0.39 is 18.1 Å². The van der Waals surface area contributed by atoms with E-state index in [2.05, 4.69) is 10.5 Å².